The van der Waals surface area contributed by atoms with E-state index in [1.54, 1.807) is 36.7 Å². The molecule has 38 heavy (non-hydrogen) atoms. The van der Waals surface area contributed by atoms with Gasteiger partial charge in [-0.3, -0.25) is 9.89 Å². The lowest BCUT2D eigenvalue weighted by atomic mass is 10.1. The van der Waals surface area contributed by atoms with Crippen LogP contribution in [0.4, 0.5) is 17.2 Å². The molecule has 6 aromatic rings. The number of hydrogen-bond acceptors (Lipinski definition) is 7. The number of hydrogen-bond donors (Lipinski definition) is 6. The first-order valence-corrected chi connectivity index (χ1v) is 11.8. The smallest absolute Gasteiger partial charge is 0.272 e. The van der Waals surface area contributed by atoms with Crippen LogP contribution in [0.5, 0.6) is 0 Å². The number of para-hydroxylation sites is 1. The van der Waals surface area contributed by atoms with E-state index in [-0.39, 0.29) is 5.91 Å². The van der Waals surface area contributed by atoms with E-state index in [0.29, 0.717) is 34.3 Å². The highest BCUT2D eigenvalue weighted by Gasteiger charge is 2.14. The number of rotatable bonds is 6. The van der Waals surface area contributed by atoms with Crippen LogP contribution in [0.15, 0.2) is 91.4 Å². The molecule has 10 heteroatoms. The Morgan fingerprint density at radius 1 is 0.947 bits per heavy atom. The predicted molar refractivity (Wildman–Crippen MR) is 149 cm³/mol. The zero-order valence-electron chi connectivity index (χ0n) is 20.1. The van der Waals surface area contributed by atoms with Gasteiger partial charge in [0.05, 0.1) is 17.4 Å². The molecular weight excluding hydrogens is 478 g/mol. The van der Waals surface area contributed by atoms with Gasteiger partial charge in [0.2, 0.25) is 0 Å². The van der Waals surface area contributed by atoms with Gasteiger partial charge in [-0.1, -0.05) is 30.3 Å². The van der Waals surface area contributed by atoms with Crippen molar-refractivity contribution in [3.63, 3.8) is 0 Å². The minimum Gasteiger partial charge on any atom is -0.403 e. The lowest BCUT2D eigenvalue weighted by Crippen LogP contribution is -2.23. The van der Waals surface area contributed by atoms with Gasteiger partial charge >= 0.3 is 0 Å². The summed E-state index contributed by atoms with van der Waals surface area (Å²) in [4.78, 5) is 25.3. The Morgan fingerprint density at radius 3 is 2.71 bits per heavy atom. The molecule has 0 unspecified atom stereocenters. The van der Waals surface area contributed by atoms with Gasteiger partial charge in [-0.2, -0.15) is 5.10 Å². The van der Waals surface area contributed by atoms with Crippen LogP contribution in [0, 0.1) is 0 Å². The average molecular weight is 502 g/mol. The minimum atomic E-state index is -0.334. The van der Waals surface area contributed by atoms with Gasteiger partial charge in [0, 0.05) is 51.2 Å². The topological polar surface area (TPSA) is 163 Å². The van der Waals surface area contributed by atoms with E-state index in [4.69, 9.17) is 11.5 Å². The number of nitrogens with one attached hydrogen (secondary N) is 4. The van der Waals surface area contributed by atoms with Gasteiger partial charge in [-0.15, -0.1) is 0 Å². The van der Waals surface area contributed by atoms with Crippen LogP contribution < -0.4 is 22.1 Å². The molecular formula is C28H23N9O. The Hall–Kier alpha value is -5.64. The van der Waals surface area contributed by atoms with Gasteiger partial charge in [0.25, 0.3) is 5.91 Å². The van der Waals surface area contributed by atoms with Crippen LogP contribution in [0.25, 0.3) is 38.9 Å². The van der Waals surface area contributed by atoms with E-state index in [1.165, 1.54) is 6.20 Å². The number of aromatic nitrogens is 5. The van der Waals surface area contributed by atoms with Gasteiger partial charge < -0.3 is 27.1 Å². The maximum absolute atomic E-state index is 13.0. The number of anilines is 3. The largest absolute Gasteiger partial charge is 0.403 e. The van der Waals surface area contributed by atoms with Gasteiger partial charge in [-0.25, -0.2) is 9.97 Å². The number of amides is 1. The summed E-state index contributed by atoms with van der Waals surface area (Å²) in [7, 11) is 0. The van der Waals surface area contributed by atoms with E-state index in [1.807, 2.05) is 48.5 Å². The lowest BCUT2D eigenvalue weighted by molar-refractivity contribution is 0.0969. The van der Waals surface area contributed by atoms with Crippen molar-refractivity contribution in [3.05, 3.63) is 103 Å². The second-order valence-electron chi connectivity index (χ2n) is 8.67. The Labute approximate surface area is 216 Å². The van der Waals surface area contributed by atoms with E-state index in [0.717, 1.165) is 33.1 Å². The molecule has 0 aliphatic rings. The number of nitrogen functional groups attached to an aromatic ring is 1. The van der Waals surface area contributed by atoms with Crippen molar-refractivity contribution in [2.45, 2.75) is 0 Å². The lowest BCUT2D eigenvalue weighted by Gasteiger charge is -2.11. The number of benzene rings is 3. The highest BCUT2D eigenvalue weighted by atomic mass is 16.1. The highest BCUT2D eigenvalue weighted by molar-refractivity contribution is 6.02. The summed E-state index contributed by atoms with van der Waals surface area (Å²) >= 11 is 0. The second kappa shape index (κ2) is 9.43. The van der Waals surface area contributed by atoms with E-state index >= 15 is 0 Å². The summed E-state index contributed by atoms with van der Waals surface area (Å²) < 4.78 is 0. The molecule has 0 atom stereocenters. The molecule has 0 saturated heterocycles. The third-order valence-electron chi connectivity index (χ3n) is 6.16. The van der Waals surface area contributed by atoms with E-state index in [9.17, 15) is 4.79 Å². The Kier molecular flexibility index (Phi) is 5.66. The quantitative estimate of drug-likeness (QED) is 0.183. The van der Waals surface area contributed by atoms with Crippen molar-refractivity contribution in [1.82, 2.24) is 30.5 Å². The molecule has 0 aliphatic carbocycles. The minimum absolute atomic E-state index is 0.334. The molecule has 0 radical (unpaired) electrons. The first-order chi connectivity index (χ1) is 18.6. The Morgan fingerprint density at radius 2 is 1.84 bits per heavy atom. The molecule has 0 saturated carbocycles. The molecule has 8 N–H and O–H groups in total. The molecule has 0 aliphatic heterocycles. The monoisotopic (exact) mass is 501 g/mol. The van der Waals surface area contributed by atoms with Crippen molar-refractivity contribution >= 4 is 50.6 Å². The van der Waals surface area contributed by atoms with E-state index < -0.39 is 0 Å². The molecule has 0 fully saturated rings. The van der Waals surface area contributed by atoms with Crippen LogP contribution in [0.2, 0.25) is 0 Å². The predicted octanol–water partition coefficient (Wildman–Crippen LogP) is 4.51. The molecule has 186 valence electrons. The molecule has 1 amide bonds. The maximum Gasteiger partial charge on any atom is 0.272 e. The third-order valence-corrected chi connectivity index (χ3v) is 6.16. The summed E-state index contributed by atoms with van der Waals surface area (Å²) in [5.41, 5.74) is 17.2. The Balaban J connectivity index is 1.23. The second-order valence-corrected chi connectivity index (χ2v) is 8.67. The first kappa shape index (κ1) is 22.8. The fourth-order valence-corrected chi connectivity index (χ4v) is 4.25. The highest BCUT2D eigenvalue weighted by Crippen LogP contribution is 2.26. The molecule has 3 aromatic carbocycles. The average Bonchev–Trinajstić information content (AvgIpc) is 3.58. The van der Waals surface area contributed by atoms with Crippen LogP contribution in [-0.4, -0.2) is 31.1 Å². The van der Waals surface area contributed by atoms with Crippen LogP contribution >= 0.6 is 0 Å². The van der Waals surface area contributed by atoms with Gasteiger partial charge in [0.15, 0.2) is 5.82 Å². The van der Waals surface area contributed by atoms with Crippen molar-refractivity contribution in [2.75, 3.05) is 11.1 Å². The fraction of sp³-hybridized carbons (Fsp3) is 0. The number of fused-ring (bicyclic) bond motifs is 2. The summed E-state index contributed by atoms with van der Waals surface area (Å²) in [6.45, 7) is 0. The standard InChI is InChI=1S/C28H23N9O/c29-14-25(20-3-1-2-4-21(20)30)35-28(38)24-12-16-5-6-17(13-23(16)34-24)27-31-10-9-26(36-27)33-19-7-8-22-18(11-19)15-32-37-22/h1-15,34H,29-30H2,(H,32,37)(H,35,38)(H,31,33,36)/b25-14+. The Bertz CT molecular complexity index is 1830. The van der Waals surface area contributed by atoms with Crippen molar-refractivity contribution in [1.29, 1.82) is 0 Å². The number of aromatic amines is 2. The normalized spacial score (nSPS) is 11.6. The van der Waals surface area contributed by atoms with Gasteiger partial charge in [-0.05, 0) is 42.5 Å². The summed E-state index contributed by atoms with van der Waals surface area (Å²) in [6.07, 6.45) is 4.81. The molecule has 3 aromatic heterocycles. The van der Waals surface area contributed by atoms with Crippen molar-refractivity contribution in [3.8, 4) is 11.4 Å². The molecule has 3 heterocycles. The zero-order valence-corrected chi connectivity index (χ0v) is 20.1. The SMILES string of the molecule is N/C=C(/NC(=O)c1cc2ccc(-c3nccc(Nc4ccc5[nH]ncc5c4)n3)cc2[nH]1)c1ccccc1N. The molecule has 0 bridgehead atoms. The van der Waals surface area contributed by atoms with E-state index in [2.05, 4.69) is 35.8 Å². The summed E-state index contributed by atoms with van der Waals surface area (Å²) in [6, 6.07) is 22.4. The maximum atomic E-state index is 13.0. The van der Waals surface area contributed by atoms with Crippen LogP contribution in [0.3, 0.4) is 0 Å². The number of carbonyl (C=O) groups excluding carboxylic acids is 1. The van der Waals surface area contributed by atoms with Crippen molar-refractivity contribution in [2.24, 2.45) is 5.73 Å². The summed E-state index contributed by atoms with van der Waals surface area (Å²) in [5, 5.41) is 15.0. The van der Waals surface area contributed by atoms with Gasteiger partial charge in [0.1, 0.15) is 11.5 Å². The number of nitrogens with zero attached hydrogens (tertiary/aromatic N) is 3. The van der Waals surface area contributed by atoms with Crippen molar-refractivity contribution < 1.29 is 4.79 Å². The van der Waals surface area contributed by atoms with Crippen LogP contribution in [0.1, 0.15) is 16.1 Å². The summed E-state index contributed by atoms with van der Waals surface area (Å²) in [5.74, 6) is 0.875. The first-order valence-electron chi connectivity index (χ1n) is 11.8. The molecule has 6 rings (SSSR count). The number of carbonyl (C=O) groups is 1. The zero-order chi connectivity index (χ0) is 26.1. The van der Waals surface area contributed by atoms with Crippen LogP contribution in [-0.2, 0) is 0 Å². The third kappa shape index (κ3) is 4.37. The fourth-order valence-electron chi connectivity index (χ4n) is 4.25. The number of H-pyrrole nitrogens is 2. The molecule has 0 spiro atoms. The number of nitrogens with two attached hydrogens (primary N) is 2. The molecule has 10 nitrogen and oxygen atoms in total.